The topological polar surface area (TPSA) is 144 Å². The fourth-order valence-corrected chi connectivity index (χ4v) is 3.77. The number of imidazole rings is 1. The second kappa shape index (κ2) is 9.09. The van der Waals surface area contributed by atoms with Gasteiger partial charge in [-0.1, -0.05) is 36.4 Å². The first-order valence-corrected chi connectivity index (χ1v) is 10.3. The number of nitro benzene ring substituents is 2. The Hall–Kier alpha value is -4.81. The quantitative estimate of drug-likeness (QED) is 0.275. The van der Waals surface area contributed by atoms with Gasteiger partial charge in [0.05, 0.1) is 38.6 Å². The van der Waals surface area contributed by atoms with E-state index >= 15 is 0 Å². The van der Waals surface area contributed by atoms with E-state index < -0.39 is 45.2 Å². The molecule has 1 heterocycles. The summed E-state index contributed by atoms with van der Waals surface area (Å²) in [6, 6.07) is 13.5. The molecule has 1 atom stereocenters. The van der Waals surface area contributed by atoms with Crippen LogP contribution < -0.4 is 5.32 Å². The molecule has 0 saturated carbocycles. The van der Waals surface area contributed by atoms with E-state index in [0.29, 0.717) is 11.1 Å². The number of benzene rings is 3. The molecule has 10 nitrogen and oxygen atoms in total. The van der Waals surface area contributed by atoms with Crippen molar-refractivity contribution < 1.29 is 27.8 Å². The van der Waals surface area contributed by atoms with Crippen LogP contribution in [0.25, 0.3) is 11.0 Å². The number of alkyl halides is 3. The minimum atomic E-state index is -4.68. The van der Waals surface area contributed by atoms with Crippen LogP contribution in [0.15, 0.2) is 60.7 Å². The molecule has 1 aromatic heterocycles. The van der Waals surface area contributed by atoms with Gasteiger partial charge in [0.1, 0.15) is 0 Å². The van der Waals surface area contributed by atoms with E-state index in [1.165, 1.54) is 25.1 Å². The maximum absolute atomic E-state index is 13.2. The molecule has 0 aliphatic carbocycles. The van der Waals surface area contributed by atoms with Crippen LogP contribution in [-0.4, -0.2) is 25.7 Å². The largest absolute Gasteiger partial charge is 0.449 e. The summed E-state index contributed by atoms with van der Waals surface area (Å²) in [6.45, 7) is 1.30. The first-order valence-electron chi connectivity index (χ1n) is 10.3. The molecule has 1 amide bonds. The van der Waals surface area contributed by atoms with Crippen LogP contribution in [0.1, 0.15) is 38.9 Å². The highest BCUT2D eigenvalue weighted by atomic mass is 19.4. The van der Waals surface area contributed by atoms with Crippen LogP contribution in [-0.2, 0) is 6.18 Å². The monoisotopic (exact) mass is 499 g/mol. The summed E-state index contributed by atoms with van der Waals surface area (Å²) < 4.78 is 39.2. The Morgan fingerprint density at radius 2 is 1.69 bits per heavy atom. The molecule has 0 bridgehead atoms. The van der Waals surface area contributed by atoms with Gasteiger partial charge in [0.2, 0.25) is 5.82 Å². The third-order valence-electron chi connectivity index (χ3n) is 5.53. The lowest BCUT2D eigenvalue weighted by atomic mass is 9.97. The summed E-state index contributed by atoms with van der Waals surface area (Å²) in [5.74, 6) is -2.01. The Balaban J connectivity index is 1.79. The predicted octanol–water partition coefficient (Wildman–Crippen LogP) is 5.23. The highest BCUT2D eigenvalue weighted by molar-refractivity contribution is 5.98. The highest BCUT2D eigenvalue weighted by Crippen LogP contribution is 2.32. The Labute approximate surface area is 200 Å². The fraction of sp³-hybridized carbons (Fsp3) is 0.130. The van der Waals surface area contributed by atoms with E-state index in [1.807, 2.05) is 0 Å². The van der Waals surface area contributed by atoms with E-state index in [4.69, 9.17) is 0 Å². The van der Waals surface area contributed by atoms with Gasteiger partial charge in [-0.2, -0.15) is 13.2 Å². The van der Waals surface area contributed by atoms with E-state index in [-0.39, 0.29) is 22.2 Å². The van der Waals surface area contributed by atoms with Crippen LogP contribution in [0.5, 0.6) is 0 Å². The SMILES string of the molecule is Cc1c(C(=O)NC(c2ccccc2)c2ccc3nc(C(F)(F)F)[nH]c3c2)cc([N+](=O)[O-])cc1[N+](=O)[O-]. The van der Waals surface area contributed by atoms with Crippen molar-refractivity contribution in [2.75, 3.05) is 0 Å². The van der Waals surface area contributed by atoms with Gasteiger partial charge in [-0.15, -0.1) is 0 Å². The zero-order chi connectivity index (χ0) is 26.2. The van der Waals surface area contributed by atoms with Crippen LogP contribution in [0.4, 0.5) is 24.5 Å². The molecule has 4 rings (SSSR count). The van der Waals surface area contributed by atoms with Crippen molar-refractivity contribution >= 4 is 28.3 Å². The van der Waals surface area contributed by atoms with Crippen LogP contribution in [0.2, 0.25) is 0 Å². The standard InChI is InChI=1S/C23H16F3N5O5/c1-12-16(10-15(30(33)34)11-19(12)31(35)36)21(32)29-20(13-5-3-2-4-6-13)14-7-8-17-18(9-14)28-22(27-17)23(24,25)26/h2-11,20H,1H3,(H,27,28)(H,29,32). The summed E-state index contributed by atoms with van der Waals surface area (Å²) in [5, 5.41) is 25.4. The van der Waals surface area contributed by atoms with Crippen LogP contribution in [0, 0.1) is 27.2 Å². The molecule has 13 heteroatoms. The number of H-pyrrole nitrogens is 1. The number of non-ortho nitro benzene ring substituents is 1. The number of aromatic amines is 1. The number of nitro groups is 2. The average molecular weight is 499 g/mol. The first-order chi connectivity index (χ1) is 17.0. The number of nitrogens with zero attached hydrogens (tertiary/aromatic N) is 3. The molecule has 0 radical (unpaired) electrons. The molecular weight excluding hydrogens is 483 g/mol. The maximum atomic E-state index is 13.2. The summed E-state index contributed by atoms with van der Waals surface area (Å²) >= 11 is 0. The number of aromatic nitrogens is 2. The molecule has 184 valence electrons. The zero-order valence-electron chi connectivity index (χ0n) is 18.4. The molecule has 3 aromatic carbocycles. The lowest BCUT2D eigenvalue weighted by molar-refractivity contribution is -0.394. The Morgan fingerprint density at radius 3 is 2.31 bits per heavy atom. The minimum absolute atomic E-state index is 0.0642. The number of hydrogen-bond acceptors (Lipinski definition) is 6. The molecule has 1 unspecified atom stereocenters. The molecule has 36 heavy (non-hydrogen) atoms. The number of rotatable bonds is 6. The molecule has 0 aliphatic heterocycles. The summed E-state index contributed by atoms with van der Waals surface area (Å²) in [7, 11) is 0. The van der Waals surface area contributed by atoms with Crippen molar-refractivity contribution in [3.63, 3.8) is 0 Å². The van der Waals surface area contributed by atoms with E-state index in [9.17, 15) is 38.2 Å². The first kappa shape index (κ1) is 24.3. The molecule has 0 spiro atoms. The van der Waals surface area contributed by atoms with Crippen molar-refractivity contribution in [3.8, 4) is 0 Å². The molecule has 2 N–H and O–H groups in total. The Morgan fingerprint density at radius 1 is 1.00 bits per heavy atom. The second-order valence-corrected chi connectivity index (χ2v) is 7.83. The average Bonchev–Trinajstić information content (AvgIpc) is 3.27. The van der Waals surface area contributed by atoms with Crippen molar-refractivity contribution in [1.29, 1.82) is 0 Å². The molecule has 0 saturated heterocycles. The number of fused-ring (bicyclic) bond motifs is 1. The molecule has 4 aromatic rings. The lowest BCUT2D eigenvalue weighted by Crippen LogP contribution is -2.30. The summed E-state index contributed by atoms with van der Waals surface area (Å²) in [4.78, 5) is 40.0. The van der Waals surface area contributed by atoms with E-state index in [1.54, 1.807) is 30.3 Å². The van der Waals surface area contributed by atoms with Gasteiger partial charge in [-0.05, 0) is 30.2 Å². The molecule has 0 aliphatic rings. The zero-order valence-corrected chi connectivity index (χ0v) is 18.4. The fourth-order valence-electron chi connectivity index (χ4n) is 3.77. The van der Waals surface area contributed by atoms with Gasteiger partial charge in [0, 0.05) is 11.6 Å². The summed E-state index contributed by atoms with van der Waals surface area (Å²) in [5.41, 5.74) is -0.495. The number of carbonyl (C=O) groups is 1. The van der Waals surface area contributed by atoms with Crippen molar-refractivity contribution in [2.45, 2.75) is 19.1 Å². The number of hydrogen-bond donors (Lipinski definition) is 2. The van der Waals surface area contributed by atoms with Crippen molar-refractivity contribution in [1.82, 2.24) is 15.3 Å². The van der Waals surface area contributed by atoms with Crippen molar-refractivity contribution in [2.24, 2.45) is 0 Å². The predicted molar refractivity (Wildman–Crippen MR) is 121 cm³/mol. The van der Waals surface area contributed by atoms with E-state index in [0.717, 1.165) is 12.1 Å². The van der Waals surface area contributed by atoms with Gasteiger partial charge in [-0.25, -0.2) is 4.98 Å². The number of amides is 1. The molecular formula is C23H16F3N5O5. The van der Waals surface area contributed by atoms with Crippen LogP contribution in [0.3, 0.4) is 0 Å². The second-order valence-electron chi connectivity index (χ2n) is 7.83. The number of carbonyl (C=O) groups excluding carboxylic acids is 1. The summed E-state index contributed by atoms with van der Waals surface area (Å²) in [6.07, 6.45) is -4.68. The normalized spacial score (nSPS) is 12.3. The maximum Gasteiger partial charge on any atom is 0.449 e. The Bertz CT molecular complexity index is 1500. The van der Waals surface area contributed by atoms with Gasteiger partial charge in [0.15, 0.2) is 0 Å². The third kappa shape index (κ3) is 4.71. The van der Waals surface area contributed by atoms with Crippen molar-refractivity contribution in [3.05, 3.63) is 109 Å². The minimum Gasteiger partial charge on any atom is -0.341 e. The number of nitrogens with one attached hydrogen (secondary N) is 2. The third-order valence-corrected chi connectivity index (χ3v) is 5.53. The molecule has 0 fully saturated rings. The smallest absolute Gasteiger partial charge is 0.341 e. The van der Waals surface area contributed by atoms with Gasteiger partial charge >= 0.3 is 6.18 Å². The van der Waals surface area contributed by atoms with E-state index in [2.05, 4.69) is 15.3 Å². The van der Waals surface area contributed by atoms with Crippen LogP contribution >= 0.6 is 0 Å². The highest BCUT2D eigenvalue weighted by Gasteiger charge is 2.35. The lowest BCUT2D eigenvalue weighted by Gasteiger charge is -2.20. The number of halogens is 3. The van der Waals surface area contributed by atoms with Gasteiger partial charge < -0.3 is 10.3 Å². The Kier molecular flexibility index (Phi) is 6.14. The van der Waals surface area contributed by atoms with Gasteiger partial charge in [0.25, 0.3) is 17.3 Å². The van der Waals surface area contributed by atoms with Gasteiger partial charge in [-0.3, -0.25) is 25.0 Å².